The van der Waals surface area contributed by atoms with Crippen molar-refractivity contribution in [3.63, 3.8) is 0 Å². The van der Waals surface area contributed by atoms with E-state index in [1.165, 1.54) is 14.0 Å². The normalized spacial score (nSPS) is 24.2. The van der Waals surface area contributed by atoms with Gasteiger partial charge in [0.05, 0.1) is 18.8 Å². The molecular formula is C21H29NO6. The van der Waals surface area contributed by atoms with E-state index in [1.54, 1.807) is 32.1 Å². The molecule has 0 aliphatic carbocycles. The number of ketones is 1. The number of carbonyl (C=O) groups excluding carboxylic acids is 3. The highest BCUT2D eigenvalue weighted by Crippen LogP contribution is 2.41. The molecule has 0 saturated carbocycles. The summed E-state index contributed by atoms with van der Waals surface area (Å²) in [6.07, 6.45) is 8.27. The number of allylic oxidation sites excluding steroid dienone is 5. The van der Waals surface area contributed by atoms with Gasteiger partial charge in [-0.15, -0.1) is 0 Å². The Morgan fingerprint density at radius 2 is 1.93 bits per heavy atom. The zero-order valence-electron chi connectivity index (χ0n) is 17.0. The van der Waals surface area contributed by atoms with Crippen LogP contribution in [0.15, 0.2) is 47.1 Å². The van der Waals surface area contributed by atoms with Crippen molar-refractivity contribution in [2.24, 2.45) is 5.73 Å². The molecule has 1 aliphatic heterocycles. The van der Waals surface area contributed by atoms with Gasteiger partial charge in [0.1, 0.15) is 6.10 Å². The number of ether oxygens (including phenoxy) is 2. The van der Waals surface area contributed by atoms with Gasteiger partial charge < -0.3 is 20.3 Å². The van der Waals surface area contributed by atoms with E-state index in [1.807, 2.05) is 19.1 Å². The number of amides is 1. The highest BCUT2D eigenvalue weighted by Gasteiger charge is 2.69. The van der Waals surface area contributed by atoms with Gasteiger partial charge in [-0.25, -0.2) is 4.79 Å². The molecular weight excluding hydrogens is 362 g/mol. The van der Waals surface area contributed by atoms with Crippen molar-refractivity contribution in [2.75, 3.05) is 7.11 Å². The third-order valence-electron chi connectivity index (χ3n) is 4.44. The molecule has 28 heavy (non-hydrogen) atoms. The minimum absolute atomic E-state index is 0.365. The summed E-state index contributed by atoms with van der Waals surface area (Å²) in [5.41, 5.74) is 5.29. The van der Waals surface area contributed by atoms with E-state index in [9.17, 15) is 19.5 Å². The number of primary amides is 1. The number of unbranched alkanes of at least 4 members (excludes halogenated alkanes) is 1. The SMILES string of the molecule is C\C=C(/C=C(C)/C=C/CC/C=C(\C)C(=O)[C@@]1(C(N)=O)O[C@@H]1[C@@H](C)O)C(=O)OC. The van der Waals surface area contributed by atoms with Crippen molar-refractivity contribution in [3.8, 4) is 0 Å². The lowest BCUT2D eigenvalue weighted by Crippen LogP contribution is -2.44. The van der Waals surface area contributed by atoms with Crippen LogP contribution in [0.2, 0.25) is 0 Å². The molecule has 1 amide bonds. The van der Waals surface area contributed by atoms with Crippen LogP contribution in [0.3, 0.4) is 0 Å². The number of esters is 1. The second kappa shape index (κ2) is 10.1. The van der Waals surface area contributed by atoms with Gasteiger partial charge in [0.25, 0.3) is 5.91 Å². The largest absolute Gasteiger partial charge is 0.465 e. The second-order valence-corrected chi connectivity index (χ2v) is 6.70. The van der Waals surface area contributed by atoms with Gasteiger partial charge in [-0.3, -0.25) is 9.59 Å². The highest BCUT2D eigenvalue weighted by molar-refractivity contribution is 6.19. The maximum absolute atomic E-state index is 12.5. The molecule has 1 aliphatic rings. The van der Waals surface area contributed by atoms with E-state index in [0.29, 0.717) is 24.0 Å². The minimum Gasteiger partial charge on any atom is -0.465 e. The molecule has 0 aromatic heterocycles. The summed E-state index contributed by atoms with van der Waals surface area (Å²) in [4.78, 5) is 35.7. The predicted molar refractivity (Wildman–Crippen MR) is 105 cm³/mol. The molecule has 0 aromatic carbocycles. The van der Waals surface area contributed by atoms with Crippen LogP contribution in [0, 0.1) is 0 Å². The first kappa shape index (κ1) is 23.5. The summed E-state index contributed by atoms with van der Waals surface area (Å²) < 4.78 is 9.86. The fourth-order valence-corrected chi connectivity index (χ4v) is 2.82. The van der Waals surface area contributed by atoms with E-state index in [0.717, 1.165) is 5.57 Å². The third-order valence-corrected chi connectivity index (χ3v) is 4.44. The Labute approximate surface area is 165 Å². The van der Waals surface area contributed by atoms with Gasteiger partial charge in [0, 0.05) is 0 Å². The minimum atomic E-state index is -1.75. The third kappa shape index (κ3) is 5.50. The average molecular weight is 391 g/mol. The summed E-state index contributed by atoms with van der Waals surface area (Å²) in [5.74, 6) is -1.79. The Kier molecular flexibility index (Phi) is 8.53. The number of Topliss-reactive ketones (excluding diaryl/α,β-unsaturated/α-hetero) is 1. The van der Waals surface area contributed by atoms with Crippen molar-refractivity contribution in [1.29, 1.82) is 0 Å². The highest BCUT2D eigenvalue weighted by atomic mass is 16.6. The molecule has 154 valence electrons. The van der Waals surface area contributed by atoms with Crippen LogP contribution in [-0.4, -0.2) is 47.7 Å². The van der Waals surface area contributed by atoms with Crippen molar-refractivity contribution in [2.45, 2.75) is 58.3 Å². The maximum Gasteiger partial charge on any atom is 0.337 e. The number of aliphatic hydroxyl groups is 1. The monoisotopic (exact) mass is 391 g/mol. The van der Waals surface area contributed by atoms with Crippen molar-refractivity contribution in [1.82, 2.24) is 0 Å². The van der Waals surface area contributed by atoms with Gasteiger partial charge in [-0.2, -0.15) is 0 Å². The number of hydrogen-bond acceptors (Lipinski definition) is 6. The molecule has 1 fully saturated rings. The molecule has 1 saturated heterocycles. The predicted octanol–water partition coefficient (Wildman–Crippen LogP) is 1.91. The van der Waals surface area contributed by atoms with Crippen LogP contribution in [0.25, 0.3) is 0 Å². The number of carbonyl (C=O) groups is 3. The van der Waals surface area contributed by atoms with Gasteiger partial charge in [0.15, 0.2) is 0 Å². The fraction of sp³-hybridized carbons (Fsp3) is 0.476. The Hall–Kier alpha value is -2.51. The van der Waals surface area contributed by atoms with Crippen molar-refractivity contribution < 1.29 is 29.0 Å². The summed E-state index contributed by atoms with van der Waals surface area (Å²) in [6.45, 7) is 6.67. The summed E-state index contributed by atoms with van der Waals surface area (Å²) in [7, 11) is 1.33. The summed E-state index contributed by atoms with van der Waals surface area (Å²) in [5, 5.41) is 9.58. The lowest BCUT2D eigenvalue weighted by Gasteiger charge is -2.09. The molecule has 7 nitrogen and oxygen atoms in total. The van der Waals surface area contributed by atoms with Gasteiger partial charge in [-0.1, -0.05) is 29.9 Å². The smallest absolute Gasteiger partial charge is 0.337 e. The van der Waals surface area contributed by atoms with Crippen LogP contribution >= 0.6 is 0 Å². The van der Waals surface area contributed by atoms with Gasteiger partial charge >= 0.3 is 5.97 Å². The molecule has 7 heteroatoms. The summed E-state index contributed by atoms with van der Waals surface area (Å²) >= 11 is 0. The molecule has 3 N–H and O–H groups in total. The lowest BCUT2D eigenvalue weighted by atomic mass is 9.91. The Bertz CT molecular complexity index is 744. The van der Waals surface area contributed by atoms with Crippen LogP contribution in [0.1, 0.15) is 40.5 Å². The topological polar surface area (TPSA) is 119 Å². The molecule has 0 aromatic rings. The first-order valence-electron chi connectivity index (χ1n) is 9.08. The fourth-order valence-electron chi connectivity index (χ4n) is 2.82. The average Bonchev–Trinajstić information content (AvgIpc) is 3.41. The Morgan fingerprint density at radius 3 is 2.39 bits per heavy atom. The Morgan fingerprint density at radius 1 is 1.29 bits per heavy atom. The quantitative estimate of drug-likeness (QED) is 0.147. The van der Waals surface area contributed by atoms with E-state index in [4.69, 9.17) is 15.2 Å². The zero-order chi connectivity index (χ0) is 21.5. The van der Waals surface area contributed by atoms with Crippen LogP contribution in [-0.2, 0) is 23.9 Å². The molecule has 0 spiro atoms. The molecule has 3 atom stereocenters. The summed E-state index contributed by atoms with van der Waals surface area (Å²) in [6, 6.07) is 0. The molecule has 0 radical (unpaired) electrons. The van der Waals surface area contributed by atoms with Gasteiger partial charge in [0.2, 0.25) is 11.4 Å². The first-order valence-corrected chi connectivity index (χ1v) is 9.08. The molecule has 1 rings (SSSR count). The van der Waals surface area contributed by atoms with E-state index < -0.39 is 35.5 Å². The Balaban J connectivity index is 2.65. The van der Waals surface area contributed by atoms with Crippen LogP contribution in [0.5, 0.6) is 0 Å². The standard InChI is InChI=1S/C21H29NO6/c1-6-16(19(25)27-5)12-13(2)10-8-7-9-11-14(3)17(24)21(20(22)26)18(28-21)15(4)23/h6,8,10-12,15,18,23H,7,9H2,1-5H3,(H2,22,26)/b10-8+,13-12+,14-11+,16-6+/t15-,18-,21-/m1/s1. The number of hydrogen-bond donors (Lipinski definition) is 2. The van der Waals surface area contributed by atoms with Crippen molar-refractivity contribution in [3.05, 3.63) is 47.1 Å². The molecule has 1 heterocycles. The maximum atomic E-state index is 12.5. The first-order chi connectivity index (χ1) is 13.1. The zero-order valence-corrected chi connectivity index (χ0v) is 17.0. The number of aliphatic hydroxyl groups excluding tert-OH is 1. The van der Waals surface area contributed by atoms with Crippen LogP contribution in [0.4, 0.5) is 0 Å². The number of rotatable bonds is 10. The molecule has 0 unspecified atom stereocenters. The van der Waals surface area contributed by atoms with E-state index >= 15 is 0 Å². The lowest BCUT2D eigenvalue weighted by molar-refractivity contribution is -0.136. The number of epoxide rings is 1. The van der Waals surface area contributed by atoms with Crippen LogP contribution < -0.4 is 5.73 Å². The second-order valence-electron chi connectivity index (χ2n) is 6.70. The van der Waals surface area contributed by atoms with Crippen molar-refractivity contribution >= 4 is 17.7 Å². The van der Waals surface area contributed by atoms with Gasteiger partial charge in [-0.05, 0) is 52.2 Å². The number of nitrogens with two attached hydrogens (primary N) is 1. The number of methoxy groups -OCH3 is 1. The van der Waals surface area contributed by atoms with E-state index in [2.05, 4.69) is 0 Å². The van der Waals surface area contributed by atoms with E-state index in [-0.39, 0.29) is 0 Å². The molecule has 0 bridgehead atoms.